The van der Waals surface area contributed by atoms with Gasteiger partial charge in [-0.2, -0.15) is 0 Å². The van der Waals surface area contributed by atoms with E-state index in [1.54, 1.807) is 18.2 Å². The molecule has 1 heterocycles. The van der Waals surface area contributed by atoms with E-state index < -0.39 is 0 Å². The van der Waals surface area contributed by atoms with Crippen LogP contribution in [0.15, 0.2) is 59.4 Å². The van der Waals surface area contributed by atoms with Gasteiger partial charge >= 0.3 is 0 Å². The fourth-order valence-corrected chi connectivity index (χ4v) is 3.21. The molecule has 1 amide bonds. The van der Waals surface area contributed by atoms with E-state index >= 15 is 0 Å². The van der Waals surface area contributed by atoms with Crippen LogP contribution in [0.5, 0.6) is 0 Å². The second-order valence-corrected chi connectivity index (χ2v) is 6.85. The molecule has 1 aromatic heterocycles. The number of carbonyl (C=O) groups is 1. The van der Waals surface area contributed by atoms with Crippen LogP contribution in [0.25, 0.3) is 11.4 Å². The molecule has 0 aliphatic rings. The number of amides is 1. The summed E-state index contributed by atoms with van der Waals surface area (Å²) in [4.78, 5) is 30.0. The molecule has 0 radical (unpaired) electrons. The van der Waals surface area contributed by atoms with Gasteiger partial charge < -0.3 is 5.32 Å². The smallest absolute Gasteiger partial charge is 0.254 e. The number of rotatable bonds is 6. The number of anilines is 1. The lowest BCUT2D eigenvalue weighted by Gasteiger charge is -2.15. The van der Waals surface area contributed by atoms with Gasteiger partial charge in [-0.15, -0.1) is 0 Å². The highest BCUT2D eigenvalue weighted by atomic mass is 35.5. The molecule has 0 spiro atoms. The number of para-hydroxylation sites is 1. The minimum absolute atomic E-state index is 0.129. The van der Waals surface area contributed by atoms with Crippen molar-refractivity contribution in [3.8, 4) is 11.4 Å². The molecule has 0 fully saturated rings. The Morgan fingerprint density at radius 2 is 1.86 bits per heavy atom. The van der Waals surface area contributed by atoms with Gasteiger partial charge in [0.1, 0.15) is 12.4 Å². The van der Waals surface area contributed by atoms with E-state index in [2.05, 4.69) is 10.3 Å². The van der Waals surface area contributed by atoms with E-state index in [-0.39, 0.29) is 18.0 Å². The maximum absolute atomic E-state index is 12.7. The third kappa shape index (κ3) is 4.49. The highest BCUT2D eigenvalue weighted by Crippen LogP contribution is 2.21. The molecule has 6 heteroatoms. The van der Waals surface area contributed by atoms with Crippen LogP contribution >= 0.6 is 11.6 Å². The molecule has 0 bridgehead atoms. The maximum Gasteiger partial charge on any atom is 0.254 e. The lowest BCUT2D eigenvalue weighted by atomic mass is 10.1. The zero-order chi connectivity index (χ0) is 20.1. The van der Waals surface area contributed by atoms with Crippen molar-refractivity contribution in [1.29, 1.82) is 0 Å². The van der Waals surface area contributed by atoms with E-state index in [0.717, 1.165) is 17.7 Å². The minimum atomic E-state index is -0.280. The second kappa shape index (κ2) is 8.85. The summed E-state index contributed by atoms with van der Waals surface area (Å²) in [7, 11) is 0. The zero-order valence-corrected chi connectivity index (χ0v) is 16.7. The standard InChI is InChI=1S/C22H22ClN3O2/c1-3-15-8-5-6-11-19(15)25-20(27)14-26-21(28)13-18(4-2)24-22(26)16-9-7-10-17(23)12-16/h5-13H,3-4,14H2,1-2H3,(H,25,27). The molecular weight excluding hydrogens is 374 g/mol. The van der Waals surface area contributed by atoms with E-state index in [1.165, 1.54) is 10.6 Å². The molecule has 0 saturated heterocycles. The van der Waals surface area contributed by atoms with Crippen molar-refractivity contribution in [2.75, 3.05) is 5.32 Å². The summed E-state index contributed by atoms with van der Waals surface area (Å²) in [5.74, 6) is 0.156. The van der Waals surface area contributed by atoms with Crippen molar-refractivity contribution in [3.05, 3.63) is 81.2 Å². The first-order chi connectivity index (χ1) is 13.5. The molecule has 3 rings (SSSR count). The normalized spacial score (nSPS) is 10.7. The van der Waals surface area contributed by atoms with Gasteiger partial charge in [-0.3, -0.25) is 14.2 Å². The Kier molecular flexibility index (Phi) is 6.26. The summed E-state index contributed by atoms with van der Waals surface area (Å²) < 4.78 is 1.38. The summed E-state index contributed by atoms with van der Waals surface area (Å²) in [5, 5.41) is 3.45. The van der Waals surface area contributed by atoms with E-state index in [1.807, 2.05) is 44.2 Å². The molecule has 28 heavy (non-hydrogen) atoms. The molecule has 2 aromatic carbocycles. The summed E-state index contributed by atoms with van der Waals surface area (Å²) in [6, 6.07) is 16.2. The topological polar surface area (TPSA) is 64.0 Å². The van der Waals surface area contributed by atoms with Crippen LogP contribution < -0.4 is 10.9 Å². The SMILES string of the molecule is CCc1cc(=O)n(CC(=O)Nc2ccccc2CC)c(-c2cccc(Cl)c2)n1. The Morgan fingerprint density at radius 1 is 1.07 bits per heavy atom. The molecule has 0 aliphatic carbocycles. The summed E-state index contributed by atoms with van der Waals surface area (Å²) in [6.07, 6.45) is 1.43. The Bertz CT molecular complexity index is 1060. The van der Waals surface area contributed by atoms with Crippen molar-refractivity contribution in [2.45, 2.75) is 33.2 Å². The first kappa shape index (κ1) is 19.8. The molecule has 3 aromatic rings. The van der Waals surface area contributed by atoms with Crippen LogP contribution in [0.4, 0.5) is 5.69 Å². The fraction of sp³-hybridized carbons (Fsp3) is 0.227. The first-order valence-electron chi connectivity index (χ1n) is 9.26. The first-order valence-corrected chi connectivity index (χ1v) is 9.64. The van der Waals surface area contributed by atoms with Crippen molar-refractivity contribution >= 4 is 23.2 Å². The van der Waals surface area contributed by atoms with E-state index in [0.29, 0.717) is 28.5 Å². The molecule has 1 N–H and O–H groups in total. The van der Waals surface area contributed by atoms with Gasteiger partial charge in [-0.1, -0.05) is 55.8 Å². The van der Waals surface area contributed by atoms with Gasteiger partial charge in [0.2, 0.25) is 5.91 Å². The quantitative estimate of drug-likeness (QED) is 0.675. The number of hydrogen-bond donors (Lipinski definition) is 1. The summed E-state index contributed by atoms with van der Waals surface area (Å²) in [5.41, 5.74) is 2.90. The average Bonchev–Trinajstić information content (AvgIpc) is 2.69. The maximum atomic E-state index is 12.7. The van der Waals surface area contributed by atoms with Crippen molar-refractivity contribution in [2.24, 2.45) is 0 Å². The monoisotopic (exact) mass is 395 g/mol. The third-order valence-electron chi connectivity index (χ3n) is 4.48. The van der Waals surface area contributed by atoms with Crippen LogP contribution in [0.2, 0.25) is 5.02 Å². The van der Waals surface area contributed by atoms with Gasteiger partial charge in [0.25, 0.3) is 5.56 Å². The van der Waals surface area contributed by atoms with Gasteiger partial charge in [0.15, 0.2) is 0 Å². The largest absolute Gasteiger partial charge is 0.324 e. The number of nitrogens with one attached hydrogen (secondary N) is 1. The summed E-state index contributed by atoms with van der Waals surface area (Å²) in [6.45, 7) is 3.83. The Hall–Kier alpha value is -2.92. The number of carbonyl (C=O) groups excluding carboxylic acids is 1. The van der Waals surface area contributed by atoms with E-state index in [9.17, 15) is 9.59 Å². The molecule has 5 nitrogen and oxygen atoms in total. The molecule has 144 valence electrons. The summed E-state index contributed by atoms with van der Waals surface area (Å²) >= 11 is 6.11. The number of aryl methyl sites for hydroxylation is 2. The van der Waals surface area contributed by atoms with Crippen LogP contribution in [0.3, 0.4) is 0 Å². The zero-order valence-electron chi connectivity index (χ0n) is 15.9. The Labute approximate surface area is 169 Å². The highest BCUT2D eigenvalue weighted by Gasteiger charge is 2.15. The van der Waals surface area contributed by atoms with Gasteiger partial charge in [-0.05, 0) is 36.6 Å². The van der Waals surface area contributed by atoms with Gasteiger partial charge in [0.05, 0.1) is 0 Å². The predicted octanol–water partition coefficient (Wildman–Crippen LogP) is 4.33. The number of halogens is 1. The minimum Gasteiger partial charge on any atom is -0.324 e. The number of hydrogen-bond acceptors (Lipinski definition) is 3. The van der Waals surface area contributed by atoms with Gasteiger partial charge in [-0.25, -0.2) is 4.98 Å². The molecule has 0 atom stereocenters. The fourth-order valence-electron chi connectivity index (χ4n) is 3.02. The van der Waals surface area contributed by atoms with Crippen LogP contribution in [0, 0.1) is 0 Å². The van der Waals surface area contributed by atoms with Crippen LogP contribution in [-0.2, 0) is 24.2 Å². The predicted molar refractivity (Wildman–Crippen MR) is 113 cm³/mol. The third-order valence-corrected chi connectivity index (χ3v) is 4.72. The Balaban J connectivity index is 1.97. The lowest BCUT2D eigenvalue weighted by Crippen LogP contribution is -2.30. The van der Waals surface area contributed by atoms with Crippen LogP contribution in [-0.4, -0.2) is 15.5 Å². The lowest BCUT2D eigenvalue weighted by molar-refractivity contribution is -0.116. The number of aromatic nitrogens is 2. The molecule has 0 aliphatic heterocycles. The van der Waals surface area contributed by atoms with Crippen molar-refractivity contribution in [1.82, 2.24) is 9.55 Å². The Morgan fingerprint density at radius 3 is 2.57 bits per heavy atom. The number of benzene rings is 2. The van der Waals surface area contributed by atoms with Crippen molar-refractivity contribution in [3.63, 3.8) is 0 Å². The highest BCUT2D eigenvalue weighted by molar-refractivity contribution is 6.30. The molecule has 0 unspecified atom stereocenters. The van der Waals surface area contributed by atoms with Crippen LogP contribution in [0.1, 0.15) is 25.1 Å². The van der Waals surface area contributed by atoms with Gasteiger partial charge in [0, 0.05) is 28.0 Å². The second-order valence-electron chi connectivity index (χ2n) is 6.42. The molecular formula is C22H22ClN3O2. The average molecular weight is 396 g/mol. The van der Waals surface area contributed by atoms with E-state index in [4.69, 9.17) is 11.6 Å². The van der Waals surface area contributed by atoms with Crippen molar-refractivity contribution < 1.29 is 4.79 Å². The molecule has 0 saturated carbocycles. The number of nitrogens with zero attached hydrogens (tertiary/aromatic N) is 2.